The molecule has 1 atom stereocenters. The van der Waals surface area contributed by atoms with Crippen LogP contribution in [-0.2, 0) is 11.2 Å². The monoisotopic (exact) mass is 446 g/mol. The highest BCUT2D eigenvalue weighted by atomic mass is 35.5. The second-order valence-corrected chi connectivity index (χ2v) is 9.32. The minimum Gasteiger partial charge on any atom is -0.342 e. The van der Waals surface area contributed by atoms with E-state index in [0.717, 1.165) is 29.3 Å². The van der Waals surface area contributed by atoms with Gasteiger partial charge in [0.05, 0.1) is 6.42 Å². The molecule has 2 aromatic heterocycles. The van der Waals surface area contributed by atoms with Crippen molar-refractivity contribution in [3.8, 4) is 0 Å². The van der Waals surface area contributed by atoms with Crippen LogP contribution in [-0.4, -0.2) is 40.0 Å². The fourth-order valence-corrected chi connectivity index (χ4v) is 5.07. The van der Waals surface area contributed by atoms with Gasteiger partial charge in [-0.1, -0.05) is 35.1 Å². The van der Waals surface area contributed by atoms with Gasteiger partial charge in [-0.3, -0.25) is 9.59 Å². The quantitative estimate of drug-likeness (QED) is 0.628. The van der Waals surface area contributed by atoms with E-state index >= 15 is 0 Å². The Morgan fingerprint density at radius 1 is 1.24 bits per heavy atom. The summed E-state index contributed by atoms with van der Waals surface area (Å²) >= 11 is 8.84. The van der Waals surface area contributed by atoms with Crippen LogP contribution in [0, 0.1) is 0 Å². The Kier molecular flexibility index (Phi) is 6.22. The number of halogens is 1. The predicted octanol–water partition coefficient (Wildman–Crippen LogP) is 4.45. The first-order chi connectivity index (χ1) is 14.1. The zero-order chi connectivity index (χ0) is 20.2. The van der Waals surface area contributed by atoms with Crippen molar-refractivity contribution in [3.05, 3.63) is 61.7 Å². The first-order valence-electron chi connectivity index (χ1n) is 9.29. The summed E-state index contributed by atoms with van der Waals surface area (Å²) in [5.74, 6) is -0.0562. The summed E-state index contributed by atoms with van der Waals surface area (Å²) in [7, 11) is 0. The Labute approximate surface area is 181 Å². The van der Waals surface area contributed by atoms with Gasteiger partial charge in [0, 0.05) is 34.6 Å². The van der Waals surface area contributed by atoms with Crippen LogP contribution in [0.1, 0.15) is 38.4 Å². The third-order valence-electron chi connectivity index (χ3n) is 4.75. The van der Waals surface area contributed by atoms with E-state index in [4.69, 9.17) is 11.6 Å². The zero-order valence-corrected chi connectivity index (χ0v) is 17.9. The van der Waals surface area contributed by atoms with Crippen LogP contribution in [0.5, 0.6) is 0 Å². The minimum absolute atomic E-state index is 0.112. The third-order valence-corrected chi connectivity index (χ3v) is 6.94. The lowest BCUT2D eigenvalue weighted by Gasteiger charge is -2.31. The van der Waals surface area contributed by atoms with Crippen LogP contribution in [0.15, 0.2) is 41.8 Å². The Morgan fingerprint density at radius 2 is 2.14 bits per heavy atom. The van der Waals surface area contributed by atoms with E-state index in [9.17, 15) is 9.59 Å². The molecule has 9 heteroatoms. The minimum atomic E-state index is -0.308. The molecule has 1 fully saturated rings. The molecule has 1 unspecified atom stereocenters. The summed E-state index contributed by atoms with van der Waals surface area (Å²) in [5, 5.41) is 14.7. The van der Waals surface area contributed by atoms with Crippen LogP contribution < -0.4 is 5.32 Å². The van der Waals surface area contributed by atoms with Gasteiger partial charge in [0.15, 0.2) is 0 Å². The van der Waals surface area contributed by atoms with Crippen molar-refractivity contribution in [1.29, 1.82) is 0 Å². The fourth-order valence-electron chi connectivity index (χ4n) is 3.32. The SMILES string of the molecule is O=C(Nc1cccc(Cl)c1)c1nnc(C2CCCN(C(=O)Cc3cccs3)C2)s1. The number of amides is 2. The van der Waals surface area contributed by atoms with E-state index in [-0.39, 0.29) is 17.7 Å². The summed E-state index contributed by atoms with van der Waals surface area (Å²) in [5.41, 5.74) is 0.613. The van der Waals surface area contributed by atoms with Crippen LogP contribution in [0.4, 0.5) is 5.69 Å². The van der Waals surface area contributed by atoms with Gasteiger partial charge in [0.25, 0.3) is 5.91 Å². The lowest BCUT2D eigenvalue weighted by atomic mass is 9.98. The van der Waals surface area contributed by atoms with Gasteiger partial charge in [0.2, 0.25) is 10.9 Å². The molecule has 1 aliphatic rings. The number of hydrogen-bond acceptors (Lipinski definition) is 6. The lowest BCUT2D eigenvalue weighted by Crippen LogP contribution is -2.39. The first kappa shape index (κ1) is 20.0. The van der Waals surface area contributed by atoms with E-state index in [1.54, 1.807) is 35.6 Å². The van der Waals surface area contributed by atoms with Crippen LogP contribution in [0.25, 0.3) is 0 Å². The normalized spacial score (nSPS) is 16.6. The number of thiophene rings is 1. The molecule has 1 N–H and O–H groups in total. The molecule has 0 spiro atoms. The van der Waals surface area contributed by atoms with Gasteiger partial charge in [0.1, 0.15) is 5.01 Å². The highest BCUT2D eigenvalue weighted by Crippen LogP contribution is 2.30. The summed E-state index contributed by atoms with van der Waals surface area (Å²) in [6, 6.07) is 10.9. The van der Waals surface area contributed by atoms with Crippen molar-refractivity contribution in [2.24, 2.45) is 0 Å². The molecule has 4 rings (SSSR count). The lowest BCUT2D eigenvalue weighted by molar-refractivity contribution is -0.131. The number of hydrogen-bond donors (Lipinski definition) is 1. The van der Waals surface area contributed by atoms with E-state index in [2.05, 4.69) is 15.5 Å². The van der Waals surface area contributed by atoms with Gasteiger partial charge >= 0.3 is 0 Å². The average molecular weight is 447 g/mol. The van der Waals surface area contributed by atoms with Crippen molar-refractivity contribution in [2.75, 3.05) is 18.4 Å². The van der Waals surface area contributed by atoms with Gasteiger partial charge in [-0.2, -0.15) is 0 Å². The van der Waals surface area contributed by atoms with E-state index in [0.29, 0.717) is 28.7 Å². The number of anilines is 1. The standard InChI is InChI=1S/C20H19ClN4O2S2/c21-14-5-1-6-15(10-14)22-18(27)20-24-23-19(29-20)13-4-2-8-25(12-13)17(26)11-16-7-3-9-28-16/h1,3,5-7,9-10,13H,2,4,8,11-12H2,(H,22,27). The topological polar surface area (TPSA) is 75.2 Å². The molecular weight excluding hydrogens is 428 g/mol. The number of nitrogens with zero attached hydrogens (tertiary/aromatic N) is 3. The molecule has 0 aliphatic carbocycles. The second kappa shape index (κ2) is 9.02. The molecule has 2 amide bonds. The highest BCUT2D eigenvalue weighted by molar-refractivity contribution is 7.13. The maximum atomic E-state index is 12.6. The molecule has 0 bridgehead atoms. The van der Waals surface area contributed by atoms with Crippen LogP contribution in [0.2, 0.25) is 5.02 Å². The van der Waals surface area contributed by atoms with Crippen molar-refractivity contribution in [3.63, 3.8) is 0 Å². The molecule has 3 aromatic rings. The summed E-state index contributed by atoms with van der Waals surface area (Å²) in [6.07, 6.45) is 2.30. The van der Waals surface area contributed by atoms with Crippen molar-refractivity contribution in [2.45, 2.75) is 25.2 Å². The Morgan fingerprint density at radius 3 is 2.93 bits per heavy atom. The highest BCUT2D eigenvalue weighted by Gasteiger charge is 2.28. The largest absolute Gasteiger partial charge is 0.342 e. The van der Waals surface area contributed by atoms with Gasteiger partial charge < -0.3 is 10.2 Å². The Balaban J connectivity index is 1.39. The van der Waals surface area contributed by atoms with Crippen molar-refractivity contribution >= 4 is 51.8 Å². The number of rotatable bonds is 5. The number of nitrogens with one attached hydrogen (secondary N) is 1. The van der Waals surface area contributed by atoms with Crippen molar-refractivity contribution in [1.82, 2.24) is 15.1 Å². The average Bonchev–Trinajstić information content (AvgIpc) is 3.40. The van der Waals surface area contributed by atoms with Crippen LogP contribution in [0.3, 0.4) is 0 Å². The first-order valence-corrected chi connectivity index (χ1v) is 11.4. The number of piperidine rings is 1. The molecule has 6 nitrogen and oxygen atoms in total. The second-order valence-electron chi connectivity index (χ2n) is 6.84. The van der Waals surface area contributed by atoms with Crippen molar-refractivity contribution < 1.29 is 9.59 Å². The maximum Gasteiger partial charge on any atom is 0.286 e. The van der Waals surface area contributed by atoms with Gasteiger partial charge in [-0.15, -0.1) is 21.5 Å². The predicted molar refractivity (Wildman–Crippen MR) is 116 cm³/mol. The summed E-state index contributed by atoms with van der Waals surface area (Å²) in [4.78, 5) is 28.1. The number of carbonyl (C=O) groups excluding carboxylic acids is 2. The Hall–Kier alpha value is -2.29. The summed E-state index contributed by atoms with van der Waals surface area (Å²) < 4.78 is 0. The zero-order valence-electron chi connectivity index (χ0n) is 15.5. The van der Waals surface area contributed by atoms with Crippen LogP contribution >= 0.6 is 34.3 Å². The smallest absolute Gasteiger partial charge is 0.286 e. The van der Waals surface area contributed by atoms with E-state index < -0.39 is 0 Å². The van der Waals surface area contributed by atoms with Gasteiger partial charge in [-0.05, 0) is 42.5 Å². The number of likely N-dealkylation sites (tertiary alicyclic amines) is 1. The third kappa shape index (κ3) is 5.01. The molecule has 150 valence electrons. The Bertz CT molecular complexity index is 1010. The maximum absolute atomic E-state index is 12.6. The molecule has 1 saturated heterocycles. The number of aromatic nitrogens is 2. The van der Waals surface area contributed by atoms with Gasteiger partial charge in [-0.25, -0.2) is 0 Å². The summed E-state index contributed by atoms with van der Waals surface area (Å²) in [6.45, 7) is 1.39. The van der Waals surface area contributed by atoms with E-state index in [1.165, 1.54) is 11.3 Å². The number of benzene rings is 1. The molecule has 0 radical (unpaired) electrons. The molecule has 3 heterocycles. The molecule has 1 aliphatic heterocycles. The number of carbonyl (C=O) groups is 2. The molecule has 0 saturated carbocycles. The molecule has 29 heavy (non-hydrogen) atoms. The van der Waals surface area contributed by atoms with E-state index in [1.807, 2.05) is 22.4 Å². The molecule has 1 aromatic carbocycles. The molecular formula is C20H19ClN4O2S2. The fraction of sp³-hybridized carbons (Fsp3) is 0.300.